The van der Waals surface area contributed by atoms with Crippen LogP contribution in [0.15, 0.2) is 0 Å². The quantitative estimate of drug-likeness (QED) is 0.321. The molecule has 25 heavy (non-hydrogen) atoms. The minimum Gasteiger partial charge on any atom is -0.264 e. The van der Waals surface area contributed by atoms with Crippen molar-refractivity contribution < 1.29 is 17.2 Å². The van der Waals surface area contributed by atoms with Gasteiger partial charge in [-0.15, -0.1) is 0 Å². The molecule has 0 aliphatic carbocycles. The van der Waals surface area contributed by atoms with Crippen LogP contribution in [0.3, 0.4) is 0 Å². The number of hydrogen-bond donors (Lipinski definition) is 1. The first-order chi connectivity index (χ1) is 11.6. The zero-order valence-corrected chi connectivity index (χ0v) is 18.0. The summed E-state index contributed by atoms with van der Waals surface area (Å²) in [6.07, 6.45) is 12.3. The second kappa shape index (κ2) is 14.0. The highest BCUT2D eigenvalue weighted by Crippen LogP contribution is 2.22. The second-order valence-corrected chi connectivity index (χ2v) is 9.63. The highest BCUT2D eigenvalue weighted by molar-refractivity contribution is 7.80. The van der Waals surface area contributed by atoms with Crippen LogP contribution >= 0.6 is 0 Å². The zero-order chi connectivity index (χ0) is 19.3. The van der Waals surface area contributed by atoms with Crippen molar-refractivity contribution in [2.75, 3.05) is 6.61 Å². The van der Waals surface area contributed by atoms with Crippen molar-refractivity contribution in [1.29, 1.82) is 0 Å². The molecule has 0 rings (SSSR count). The van der Waals surface area contributed by atoms with Crippen molar-refractivity contribution in [2.24, 2.45) is 23.7 Å². The van der Waals surface area contributed by atoms with Crippen LogP contribution in [0.25, 0.3) is 0 Å². The van der Waals surface area contributed by atoms with E-state index in [2.05, 4.69) is 38.8 Å². The minimum atomic E-state index is -4.28. The largest absolute Gasteiger partial charge is 0.397 e. The van der Waals surface area contributed by atoms with E-state index in [-0.39, 0.29) is 6.61 Å². The summed E-state index contributed by atoms with van der Waals surface area (Å²) in [5.41, 5.74) is 0. The molecule has 5 heteroatoms. The molecule has 4 nitrogen and oxygen atoms in total. The van der Waals surface area contributed by atoms with Crippen LogP contribution in [0.1, 0.15) is 98.8 Å². The van der Waals surface area contributed by atoms with E-state index in [1.807, 2.05) is 0 Å². The number of hydrogen-bond acceptors (Lipinski definition) is 3. The molecule has 0 aliphatic heterocycles. The summed E-state index contributed by atoms with van der Waals surface area (Å²) in [6.45, 7) is 11.5. The highest BCUT2D eigenvalue weighted by atomic mass is 32.3. The first-order valence-corrected chi connectivity index (χ1v) is 11.6. The second-order valence-electron chi connectivity index (χ2n) is 8.54. The summed E-state index contributed by atoms with van der Waals surface area (Å²) >= 11 is 0. The predicted molar refractivity (Wildman–Crippen MR) is 106 cm³/mol. The van der Waals surface area contributed by atoms with E-state index < -0.39 is 10.4 Å². The molecule has 0 aromatic rings. The van der Waals surface area contributed by atoms with Crippen LogP contribution in [-0.2, 0) is 14.6 Å². The SMILES string of the molecule is CC(C)CCC[C@@H](C)CCC[C@@H](C)CCC[C@H](C)CCOS(=O)(=O)O. The average molecular weight is 379 g/mol. The van der Waals surface area contributed by atoms with Crippen LogP contribution in [0.5, 0.6) is 0 Å². The minimum absolute atomic E-state index is 0.0737. The van der Waals surface area contributed by atoms with Crippen LogP contribution in [0, 0.1) is 23.7 Å². The third-order valence-corrected chi connectivity index (χ3v) is 5.57. The summed E-state index contributed by atoms with van der Waals surface area (Å²) in [7, 11) is -4.28. The maximum atomic E-state index is 10.5. The molecule has 3 atom stereocenters. The molecule has 0 aromatic heterocycles. The maximum absolute atomic E-state index is 10.5. The summed E-state index contributed by atoms with van der Waals surface area (Å²) < 4.78 is 33.9. The average Bonchev–Trinajstić information content (AvgIpc) is 2.45. The lowest BCUT2D eigenvalue weighted by Gasteiger charge is -2.16. The van der Waals surface area contributed by atoms with Gasteiger partial charge in [0.1, 0.15) is 0 Å². The fraction of sp³-hybridized carbons (Fsp3) is 1.00. The molecule has 0 fully saturated rings. The van der Waals surface area contributed by atoms with E-state index in [4.69, 9.17) is 4.55 Å². The van der Waals surface area contributed by atoms with Crippen molar-refractivity contribution in [3.8, 4) is 0 Å². The predicted octanol–water partition coefficient (Wildman–Crippen LogP) is 6.27. The number of rotatable bonds is 16. The molecular weight excluding hydrogens is 336 g/mol. The van der Waals surface area contributed by atoms with Gasteiger partial charge in [0.15, 0.2) is 0 Å². The monoisotopic (exact) mass is 378 g/mol. The van der Waals surface area contributed by atoms with Gasteiger partial charge in [-0.05, 0) is 30.1 Å². The lowest BCUT2D eigenvalue weighted by atomic mass is 9.91. The van der Waals surface area contributed by atoms with Crippen molar-refractivity contribution in [3.63, 3.8) is 0 Å². The summed E-state index contributed by atoms with van der Waals surface area (Å²) in [5.74, 6) is 2.88. The smallest absolute Gasteiger partial charge is 0.264 e. The Balaban J connectivity index is 3.58. The Kier molecular flexibility index (Phi) is 13.9. The Morgan fingerprint density at radius 3 is 1.40 bits per heavy atom. The lowest BCUT2D eigenvalue weighted by Crippen LogP contribution is -2.08. The van der Waals surface area contributed by atoms with Crippen molar-refractivity contribution in [3.05, 3.63) is 0 Å². The van der Waals surface area contributed by atoms with Crippen molar-refractivity contribution in [2.45, 2.75) is 98.8 Å². The fourth-order valence-corrected chi connectivity index (χ4v) is 3.60. The van der Waals surface area contributed by atoms with Gasteiger partial charge in [0.2, 0.25) is 0 Å². The Morgan fingerprint density at radius 1 is 0.680 bits per heavy atom. The molecule has 0 saturated carbocycles. The van der Waals surface area contributed by atoms with E-state index in [1.165, 1.54) is 51.4 Å². The first kappa shape index (κ1) is 24.9. The van der Waals surface area contributed by atoms with Gasteiger partial charge in [0.25, 0.3) is 0 Å². The van der Waals surface area contributed by atoms with Crippen LogP contribution in [0.2, 0.25) is 0 Å². The molecule has 0 heterocycles. The molecule has 152 valence electrons. The normalized spacial score (nSPS) is 16.1. The van der Waals surface area contributed by atoms with Crippen molar-refractivity contribution in [1.82, 2.24) is 0 Å². The highest BCUT2D eigenvalue weighted by Gasteiger charge is 2.10. The Morgan fingerprint density at radius 2 is 1.04 bits per heavy atom. The van der Waals surface area contributed by atoms with E-state index in [0.29, 0.717) is 12.3 Å². The molecule has 0 aromatic carbocycles. The molecule has 1 N–H and O–H groups in total. The fourth-order valence-electron chi connectivity index (χ4n) is 3.29. The van der Waals surface area contributed by atoms with Gasteiger partial charge in [-0.3, -0.25) is 4.55 Å². The van der Waals surface area contributed by atoms with E-state index in [0.717, 1.165) is 24.2 Å². The third-order valence-electron chi connectivity index (χ3n) is 5.11. The third kappa shape index (κ3) is 18.5. The van der Waals surface area contributed by atoms with Gasteiger partial charge in [0, 0.05) is 0 Å². The Labute approximate surface area is 157 Å². The van der Waals surface area contributed by atoms with Gasteiger partial charge in [-0.1, -0.05) is 92.4 Å². The molecule has 0 saturated heterocycles. The molecular formula is C20H42O4S. The molecule has 0 radical (unpaired) electrons. The molecule has 0 unspecified atom stereocenters. The van der Waals surface area contributed by atoms with E-state index >= 15 is 0 Å². The Bertz CT molecular complexity index is 406. The van der Waals surface area contributed by atoms with E-state index in [9.17, 15) is 8.42 Å². The summed E-state index contributed by atoms with van der Waals surface area (Å²) in [6, 6.07) is 0. The van der Waals surface area contributed by atoms with Gasteiger partial charge < -0.3 is 0 Å². The van der Waals surface area contributed by atoms with Crippen LogP contribution in [-0.4, -0.2) is 19.6 Å². The lowest BCUT2D eigenvalue weighted by molar-refractivity contribution is 0.244. The molecule has 0 spiro atoms. The van der Waals surface area contributed by atoms with E-state index in [1.54, 1.807) is 0 Å². The summed E-state index contributed by atoms with van der Waals surface area (Å²) in [4.78, 5) is 0. The molecule has 0 bridgehead atoms. The zero-order valence-electron chi connectivity index (χ0n) is 17.2. The topological polar surface area (TPSA) is 63.6 Å². The van der Waals surface area contributed by atoms with Gasteiger partial charge in [-0.25, -0.2) is 4.18 Å². The Hall–Kier alpha value is -0.130. The van der Waals surface area contributed by atoms with Gasteiger partial charge in [-0.2, -0.15) is 8.42 Å². The van der Waals surface area contributed by atoms with Crippen LogP contribution < -0.4 is 0 Å². The summed E-state index contributed by atoms with van der Waals surface area (Å²) in [5, 5.41) is 0. The molecule has 0 aliphatic rings. The first-order valence-electron chi connectivity index (χ1n) is 10.2. The standard InChI is InChI=1S/C20H42O4S/c1-17(2)9-6-10-18(3)11-7-12-19(4)13-8-14-20(5)15-16-24-25(21,22)23/h17-20H,6-16H2,1-5H3,(H,21,22,23)/t18-,19-,20+/m1/s1. The maximum Gasteiger partial charge on any atom is 0.397 e. The molecule has 0 amide bonds. The van der Waals surface area contributed by atoms with Gasteiger partial charge in [0.05, 0.1) is 6.61 Å². The van der Waals surface area contributed by atoms with Gasteiger partial charge >= 0.3 is 10.4 Å². The van der Waals surface area contributed by atoms with Crippen molar-refractivity contribution >= 4 is 10.4 Å². The van der Waals surface area contributed by atoms with Crippen LogP contribution in [0.4, 0.5) is 0 Å².